The lowest BCUT2D eigenvalue weighted by atomic mass is 9.38. The number of hydrogen-bond acceptors (Lipinski definition) is 16. The summed E-state index contributed by atoms with van der Waals surface area (Å²) in [6, 6.07) is 0. The number of allylic oxidation sites excluding steroid dienone is 3. The van der Waals surface area contributed by atoms with Crippen LogP contribution in [0.1, 0.15) is 34.1 Å². The van der Waals surface area contributed by atoms with Gasteiger partial charge in [0.15, 0.2) is 11.5 Å². The van der Waals surface area contributed by atoms with Crippen molar-refractivity contribution in [2.24, 2.45) is 34.5 Å². The van der Waals surface area contributed by atoms with E-state index in [4.69, 9.17) is 28.4 Å². The highest BCUT2D eigenvalue weighted by Crippen LogP contribution is 2.72. The van der Waals surface area contributed by atoms with E-state index < -0.39 is 126 Å². The molecule has 5 fully saturated rings. The van der Waals surface area contributed by atoms with Crippen molar-refractivity contribution in [3.05, 3.63) is 23.5 Å². The lowest BCUT2D eigenvalue weighted by molar-refractivity contribution is -0.296. The van der Waals surface area contributed by atoms with Crippen LogP contribution >= 0.6 is 0 Å². The highest BCUT2D eigenvalue weighted by Gasteiger charge is 2.85. The van der Waals surface area contributed by atoms with E-state index in [1.54, 1.807) is 27.7 Å². The molecule has 266 valence electrons. The van der Waals surface area contributed by atoms with Gasteiger partial charge in [-0.25, -0.2) is 14.4 Å². The van der Waals surface area contributed by atoms with Gasteiger partial charge in [0.1, 0.15) is 36.6 Å². The first-order chi connectivity index (χ1) is 22.5. The Bertz CT molecular complexity index is 1440. The molecular weight excluding hydrogens is 640 g/mol. The Morgan fingerprint density at radius 2 is 1.73 bits per heavy atom. The fourth-order valence-corrected chi connectivity index (χ4v) is 9.57. The number of carbonyl (C=O) groups excluding carboxylic acids is 4. The molecule has 0 aromatic heterocycles. The normalized spacial score (nSPS) is 49.1. The van der Waals surface area contributed by atoms with Gasteiger partial charge in [-0.3, -0.25) is 4.79 Å². The van der Waals surface area contributed by atoms with Crippen molar-refractivity contribution in [2.75, 3.05) is 20.3 Å². The Morgan fingerprint density at radius 3 is 2.35 bits per heavy atom. The summed E-state index contributed by atoms with van der Waals surface area (Å²) in [7, 11) is 1.05. The second-order valence-corrected chi connectivity index (χ2v) is 14.3. The minimum absolute atomic E-state index is 0.0457. The van der Waals surface area contributed by atoms with Crippen molar-refractivity contribution in [3.63, 3.8) is 0 Å². The number of rotatable bonds is 6. The topological polar surface area (TPSA) is 245 Å². The van der Waals surface area contributed by atoms with Gasteiger partial charge in [-0.05, 0) is 37.7 Å². The molecule has 1 unspecified atom stereocenters. The lowest BCUT2D eigenvalue weighted by Crippen LogP contribution is -2.79. The molecule has 0 aromatic rings. The SMILES string of the molecule is COC(=O)C12OC[C@]34[C@H]([C@@H](O)[C@@H]1O)[C@@]1(C)C=C(O[C@@H]5O[C@H](CO)[C@@H](O)[C@H](O)[C@H]5O)C(=O)[C@@H](C)[C@@H]1C[C@H]3OC(=O)[C@H](OC(=O)C=C(C)C)[C@@H]24. The van der Waals surface area contributed by atoms with E-state index >= 15 is 0 Å². The van der Waals surface area contributed by atoms with Gasteiger partial charge in [-0.2, -0.15) is 0 Å². The molecule has 0 radical (unpaired) electrons. The zero-order valence-electron chi connectivity index (χ0n) is 27.0. The average Bonchev–Trinajstić information content (AvgIpc) is 3.34. The van der Waals surface area contributed by atoms with Crippen LogP contribution in [-0.4, -0.2) is 135 Å². The highest BCUT2D eigenvalue weighted by molar-refractivity contribution is 5.97. The van der Waals surface area contributed by atoms with Crippen LogP contribution < -0.4 is 0 Å². The first-order valence-electron chi connectivity index (χ1n) is 15.9. The van der Waals surface area contributed by atoms with Crippen molar-refractivity contribution in [2.45, 2.75) is 94.8 Å². The van der Waals surface area contributed by atoms with Crippen LogP contribution in [0, 0.1) is 34.5 Å². The zero-order chi connectivity index (χ0) is 35.2. The second-order valence-electron chi connectivity index (χ2n) is 14.3. The number of aliphatic hydroxyl groups is 6. The number of aliphatic hydroxyl groups excluding tert-OH is 6. The Hall–Kier alpha value is -2.96. The number of carbonyl (C=O) groups is 4. The summed E-state index contributed by atoms with van der Waals surface area (Å²) in [4.78, 5) is 53.9. The molecule has 2 saturated carbocycles. The van der Waals surface area contributed by atoms with Gasteiger partial charge in [-0.15, -0.1) is 0 Å². The molecule has 0 aromatic carbocycles. The van der Waals surface area contributed by atoms with Gasteiger partial charge < -0.3 is 59.1 Å². The van der Waals surface area contributed by atoms with E-state index in [2.05, 4.69) is 0 Å². The minimum atomic E-state index is -2.34. The predicted octanol–water partition coefficient (Wildman–Crippen LogP) is -2.37. The van der Waals surface area contributed by atoms with Crippen molar-refractivity contribution >= 4 is 23.7 Å². The molecule has 3 heterocycles. The first-order valence-corrected chi connectivity index (χ1v) is 15.9. The molecule has 16 heteroatoms. The van der Waals surface area contributed by atoms with Gasteiger partial charge in [0.25, 0.3) is 0 Å². The molecule has 16 nitrogen and oxygen atoms in total. The van der Waals surface area contributed by atoms with E-state index in [0.717, 1.165) is 13.2 Å². The summed E-state index contributed by atoms with van der Waals surface area (Å²) in [5, 5.41) is 64.6. The van der Waals surface area contributed by atoms with Crippen LogP contribution in [0.25, 0.3) is 0 Å². The summed E-state index contributed by atoms with van der Waals surface area (Å²) >= 11 is 0. The number of hydrogen-bond donors (Lipinski definition) is 6. The van der Waals surface area contributed by atoms with E-state index in [9.17, 15) is 49.8 Å². The smallest absolute Gasteiger partial charge is 0.348 e. The number of ether oxygens (including phenoxy) is 6. The average molecular weight is 683 g/mol. The van der Waals surface area contributed by atoms with Gasteiger partial charge >= 0.3 is 17.9 Å². The van der Waals surface area contributed by atoms with Crippen molar-refractivity contribution < 1.29 is 78.2 Å². The standard InChI is InChI=1S/C32H42O16/c1-11(2)6-17(34)48-23-25-31-10-44-32(25,29(42)43-5)26(40)22(39)24(31)30(4)8-14(18(35)12(3)13(30)7-16(31)47-27(23)41)45-28-21(38)20(37)19(36)15(9-33)46-28/h6,8,12-13,15-16,19-26,28,33,36-40H,7,9-10H2,1-5H3/t12-,13-,15+,16+,19+,20-,21+,22+,23+,24+,25+,26-,28+,30-,31+,32?/m0/s1. The van der Waals surface area contributed by atoms with Gasteiger partial charge in [0.2, 0.25) is 18.0 Å². The van der Waals surface area contributed by atoms with Gasteiger partial charge in [0.05, 0.1) is 32.3 Å². The molecule has 6 aliphatic rings. The van der Waals surface area contributed by atoms with E-state index in [1.165, 1.54) is 6.08 Å². The molecular formula is C32H42O16. The molecule has 48 heavy (non-hydrogen) atoms. The number of fused-ring (bicyclic) bond motifs is 2. The van der Waals surface area contributed by atoms with Crippen LogP contribution in [0.15, 0.2) is 23.5 Å². The Kier molecular flexibility index (Phi) is 8.60. The largest absolute Gasteiger partial charge is 0.467 e. The number of methoxy groups -OCH3 is 1. The molecule has 2 bridgehead atoms. The summed E-state index contributed by atoms with van der Waals surface area (Å²) in [6.45, 7) is 5.53. The summed E-state index contributed by atoms with van der Waals surface area (Å²) in [5.41, 5.74) is -4.52. The fourth-order valence-electron chi connectivity index (χ4n) is 9.57. The maximum Gasteiger partial charge on any atom is 0.348 e. The van der Waals surface area contributed by atoms with E-state index in [1.807, 2.05) is 0 Å². The number of ketones is 1. The molecule has 16 atom stereocenters. The molecule has 0 amide bonds. The van der Waals surface area contributed by atoms with Gasteiger partial charge in [0, 0.05) is 23.3 Å². The van der Waals surface area contributed by atoms with Crippen LogP contribution in [0.4, 0.5) is 0 Å². The van der Waals surface area contributed by atoms with Crippen molar-refractivity contribution in [1.29, 1.82) is 0 Å². The van der Waals surface area contributed by atoms with Crippen molar-refractivity contribution in [3.8, 4) is 0 Å². The molecule has 3 aliphatic heterocycles. The maximum absolute atomic E-state index is 13.8. The second kappa shape index (κ2) is 11.8. The van der Waals surface area contributed by atoms with Crippen LogP contribution in [-0.2, 0) is 47.6 Å². The summed E-state index contributed by atoms with van der Waals surface area (Å²) in [5.74, 6) is -7.86. The molecule has 6 N–H and O–H groups in total. The number of esters is 3. The predicted molar refractivity (Wildman–Crippen MR) is 155 cm³/mol. The summed E-state index contributed by atoms with van der Waals surface area (Å²) < 4.78 is 34.1. The molecule has 1 spiro atoms. The third-order valence-electron chi connectivity index (χ3n) is 11.6. The minimum Gasteiger partial charge on any atom is -0.467 e. The Morgan fingerprint density at radius 1 is 1.04 bits per heavy atom. The Balaban J connectivity index is 1.48. The maximum atomic E-state index is 13.8. The first kappa shape index (κ1) is 34.9. The monoisotopic (exact) mass is 682 g/mol. The molecule has 3 saturated heterocycles. The molecule has 3 aliphatic carbocycles. The summed E-state index contributed by atoms with van der Waals surface area (Å²) in [6.07, 6.45) is -12.2. The van der Waals surface area contributed by atoms with Crippen molar-refractivity contribution in [1.82, 2.24) is 0 Å². The fraction of sp³-hybridized carbons (Fsp3) is 0.750. The van der Waals surface area contributed by atoms with Gasteiger partial charge in [-0.1, -0.05) is 19.4 Å². The third-order valence-corrected chi connectivity index (χ3v) is 11.6. The number of Topliss-reactive ketones (excluding diaryl/α,β-unsaturated/α-hetero) is 1. The quantitative estimate of drug-likeness (QED) is 0.0974. The zero-order valence-corrected chi connectivity index (χ0v) is 27.0. The van der Waals surface area contributed by atoms with Crippen LogP contribution in [0.5, 0.6) is 0 Å². The van der Waals surface area contributed by atoms with E-state index in [0.29, 0.717) is 5.57 Å². The molecule has 6 rings (SSSR count). The third kappa shape index (κ3) is 4.57. The van der Waals surface area contributed by atoms with E-state index in [-0.39, 0.29) is 18.8 Å². The Labute approximate surface area is 275 Å². The van der Waals surface area contributed by atoms with Crippen LogP contribution in [0.3, 0.4) is 0 Å². The van der Waals surface area contributed by atoms with Crippen LogP contribution in [0.2, 0.25) is 0 Å². The lowest BCUT2D eigenvalue weighted by Gasteiger charge is -2.67. The highest BCUT2D eigenvalue weighted by atomic mass is 16.7.